The van der Waals surface area contributed by atoms with E-state index in [1.165, 1.54) is 0 Å². The summed E-state index contributed by atoms with van der Waals surface area (Å²) in [5, 5.41) is 1.85. The monoisotopic (exact) mass is 307 g/mol. The van der Waals surface area contributed by atoms with Crippen molar-refractivity contribution in [2.75, 3.05) is 13.7 Å². The summed E-state index contributed by atoms with van der Waals surface area (Å²) in [6.07, 6.45) is 4.17. The van der Waals surface area contributed by atoms with E-state index in [9.17, 15) is 4.79 Å². The van der Waals surface area contributed by atoms with Crippen LogP contribution >= 0.6 is 0 Å². The molecule has 1 amide bonds. The molecule has 2 atom stereocenters. The quantitative estimate of drug-likeness (QED) is 0.675. The molecule has 0 aromatic rings. The number of hydrogen-bond acceptors (Lipinski definition) is 6. The van der Waals surface area contributed by atoms with Crippen LogP contribution in [0.4, 0.5) is 0 Å². The maximum absolute atomic E-state index is 11.7. The predicted molar refractivity (Wildman–Crippen MR) is 85.5 cm³/mol. The van der Waals surface area contributed by atoms with Crippen LogP contribution in [0.3, 0.4) is 0 Å². The van der Waals surface area contributed by atoms with Crippen LogP contribution in [0.1, 0.15) is 27.2 Å². The average molecular weight is 307 g/mol. The number of hydrogen-bond donors (Lipinski definition) is 3. The summed E-state index contributed by atoms with van der Waals surface area (Å²) in [5.74, 6) is -0.509. The lowest BCUT2D eigenvalue weighted by molar-refractivity contribution is -0.114. The first-order valence-electron chi connectivity index (χ1n) is 7.38. The number of nitrogens with one attached hydrogen (secondary N) is 1. The highest BCUT2D eigenvalue weighted by molar-refractivity contribution is 6.28. The molecule has 0 fully saturated rings. The second-order valence-corrected chi connectivity index (χ2v) is 6.28. The van der Waals surface area contributed by atoms with Gasteiger partial charge >= 0.3 is 0 Å². The van der Waals surface area contributed by atoms with Crippen molar-refractivity contribution in [2.45, 2.75) is 39.5 Å². The zero-order valence-corrected chi connectivity index (χ0v) is 13.6. The van der Waals surface area contributed by atoms with Crippen molar-refractivity contribution in [1.82, 2.24) is 10.4 Å². The molecule has 0 saturated heterocycles. The molecule has 0 radical (unpaired) electrons. The third kappa shape index (κ3) is 2.86. The number of primary amides is 1. The molecule has 0 spiro atoms. The van der Waals surface area contributed by atoms with Crippen LogP contribution in [0.25, 0.3) is 0 Å². The van der Waals surface area contributed by atoms with Crippen LogP contribution in [0.5, 0.6) is 0 Å². The van der Waals surface area contributed by atoms with Crippen molar-refractivity contribution >= 4 is 11.6 Å². The molecule has 2 heterocycles. The highest BCUT2D eigenvalue weighted by Gasteiger charge is 2.36. The topological polar surface area (TPSA) is 106 Å². The largest absolute Gasteiger partial charge is 0.365 e. The van der Waals surface area contributed by atoms with Gasteiger partial charge in [-0.05, 0) is 18.9 Å². The first kappa shape index (κ1) is 16.5. The van der Waals surface area contributed by atoms with E-state index in [1.54, 1.807) is 13.3 Å². The molecule has 122 valence electrons. The second kappa shape index (κ2) is 6.10. The van der Waals surface area contributed by atoms with Crippen molar-refractivity contribution < 1.29 is 9.53 Å². The van der Waals surface area contributed by atoms with Gasteiger partial charge in [-0.2, -0.15) is 0 Å². The standard InChI is InChI=1S/C15H25N5O2/c1-9(15(2,3)8-16)19-13-10(14(17)21)7-18-20-11(13)5-6-12(20)22-4/h5,7,9,12,18H,6,8,16H2,1-4H3,(H2,17,21)/t9-,12?/m1/s1. The molecule has 2 aliphatic rings. The number of allylic oxidation sites excluding steroid dienone is 1. The van der Waals surface area contributed by atoms with Gasteiger partial charge in [-0.1, -0.05) is 19.9 Å². The van der Waals surface area contributed by atoms with Gasteiger partial charge in [-0.25, -0.2) is 0 Å². The molecule has 2 aliphatic heterocycles. The fourth-order valence-corrected chi connectivity index (χ4v) is 2.34. The number of hydrazine groups is 1. The Morgan fingerprint density at radius 2 is 2.32 bits per heavy atom. The van der Waals surface area contributed by atoms with E-state index >= 15 is 0 Å². The Bertz CT molecular complexity index is 550. The molecule has 0 aliphatic carbocycles. The van der Waals surface area contributed by atoms with Gasteiger partial charge in [0.15, 0.2) is 6.23 Å². The molecule has 5 N–H and O–H groups in total. The average Bonchev–Trinajstić information content (AvgIpc) is 2.90. The number of ether oxygens (including phenoxy) is 1. The molecule has 0 aromatic carbocycles. The summed E-state index contributed by atoms with van der Waals surface area (Å²) in [6, 6.07) is -0.0577. The molecular weight excluding hydrogens is 282 g/mol. The van der Waals surface area contributed by atoms with E-state index in [2.05, 4.69) is 19.3 Å². The molecule has 2 rings (SSSR count). The van der Waals surface area contributed by atoms with Crippen LogP contribution in [-0.2, 0) is 9.53 Å². The zero-order chi connectivity index (χ0) is 16.5. The molecule has 7 nitrogen and oxygen atoms in total. The van der Waals surface area contributed by atoms with Crippen molar-refractivity contribution in [1.29, 1.82) is 0 Å². The summed E-state index contributed by atoms with van der Waals surface area (Å²) >= 11 is 0. The summed E-state index contributed by atoms with van der Waals surface area (Å²) in [5.41, 5.74) is 16.0. The van der Waals surface area contributed by atoms with E-state index in [4.69, 9.17) is 21.2 Å². The van der Waals surface area contributed by atoms with E-state index in [0.29, 0.717) is 24.3 Å². The van der Waals surface area contributed by atoms with Crippen LogP contribution in [0, 0.1) is 5.41 Å². The summed E-state index contributed by atoms with van der Waals surface area (Å²) in [4.78, 5) is 16.5. The Morgan fingerprint density at radius 1 is 1.64 bits per heavy atom. The lowest BCUT2D eigenvalue weighted by atomic mass is 9.85. The highest BCUT2D eigenvalue weighted by atomic mass is 16.5. The van der Waals surface area contributed by atoms with E-state index in [1.807, 2.05) is 18.0 Å². The number of methoxy groups -OCH3 is 1. The van der Waals surface area contributed by atoms with Crippen molar-refractivity contribution in [2.24, 2.45) is 21.9 Å². The number of aliphatic imine (C=N–C) groups is 1. The van der Waals surface area contributed by atoms with Crippen molar-refractivity contribution in [3.05, 3.63) is 23.5 Å². The highest BCUT2D eigenvalue weighted by Crippen LogP contribution is 2.29. The van der Waals surface area contributed by atoms with Gasteiger partial charge in [0, 0.05) is 19.7 Å². The van der Waals surface area contributed by atoms with Crippen LogP contribution < -0.4 is 16.9 Å². The van der Waals surface area contributed by atoms with E-state index in [0.717, 1.165) is 5.70 Å². The van der Waals surface area contributed by atoms with Gasteiger partial charge in [0.25, 0.3) is 5.91 Å². The number of carbonyl (C=O) groups excluding carboxylic acids is 1. The molecule has 0 aromatic heterocycles. The Labute approximate surface area is 131 Å². The fraction of sp³-hybridized carbons (Fsp3) is 0.600. The minimum Gasteiger partial charge on any atom is -0.365 e. The molecular formula is C15H25N5O2. The van der Waals surface area contributed by atoms with Gasteiger partial charge in [-0.3, -0.25) is 14.8 Å². The fourth-order valence-electron chi connectivity index (χ4n) is 2.34. The molecule has 1 unspecified atom stereocenters. The van der Waals surface area contributed by atoms with Crippen LogP contribution in [0.15, 0.2) is 28.5 Å². The number of fused-ring (bicyclic) bond motifs is 1. The second-order valence-electron chi connectivity index (χ2n) is 6.28. The molecule has 22 heavy (non-hydrogen) atoms. The molecule has 0 bridgehead atoms. The Kier molecular flexibility index (Phi) is 4.58. The number of amides is 1. The minimum atomic E-state index is -0.509. The zero-order valence-electron chi connectivity index (χ0n) is 13.6. The van der Waals surface area contributed by atoms with Crippen LogP contribution in [-0.4, -0.2) is 42.6 Å². The number of nitrogens with two attached hydrogens (primary N) is 2. The first-order valence-corrected chi connectivity index (χ1v) is 7.38. The maximum Gasteiger partial charge on any atom is 0.252 e. The summed E-state index contributed by atoms with van der Waals surface area (Å²) < 4.78 is 5.41. The number of nitrogens with zero attached hydrogens (tertiary/aromatic N) is 2. The van der Waals surface area contributed by atoms with Crippen molar-refractivity contribution in [3.63, 3.8) is 0 Å². The number of rotatable bonds is 5. The first-order chi connectivity index (χ1) is 10.3. The van der Waals surface area contributed by atoms with Crippen molar-refractivity contribution in [3.8, 4) is 0 Å². The van der Waals surface area contributed by atoms with Gasteiger partial charge < -0.3 is 21.6 Å². The predicted octanol–water partition coefficient (Wildman–Crippen LogP) is 0.250. The van der Waals surface area contributed by atoms with E-state index < -0.39 is 5.91 Å². The summed E-state index contributed by atoms with van der Waals surface area (Å²) in [6.45, 7) is 6.60. The van der Waals surface area contributed by atoms with E-state index in [-0.39, 0.29) is 17.7 Å². The lowest BCUT2D eigenvalue weighted by Crippen LogP contribution is -2.47. The van der Waals surface area contributed by atoms with Crippen LogP contribution in [0.2, 0.25) is 0 Å². The molecule has 0 saturated carbocycles. The Morgan fingerprint density at radius 3 is 2.86 bits per heavy atom. The minimum absolute atomic E-state index is 0.0577. The normalized spacial score (nSPS) is 24.5. The molecule has 7 heteroatoms. The number of carbonyl (C=O) groups is 1. The third-order valence-electron chi connectivity index (χ3n) is 4.42. The summed E-state index contributed by atoms with van der Waals surface area (Å²) in [7, 11) is 1.65. The van der Waals surface area contributed by atoms with Gasteiger partial charge in [0.1, 0.15) is 0 Å². The SMILES string of the molecule is COC1CC=C2C(=N[C@H](C)C(C)(C)CN)C(C(N)=O)=CNN21. The maximum atomic E-state index is 11.7. The van der Waals surface area contributed by atoms with Gasteiger partial charge in [-0.15, -0.1) is 0 Å². The Balaban J connectivity index is 2.42. The third-order valence-corrected chi connectivity index (χ3v) is 4.42. The smallest absolute Gasteiger partial charge is 0.252 e. The van der Waals surface area contributed by atoms with Gasteiger partial charge in [0.2, 0.25) is 0 Å². The van der Waals surface area contributed by atoms with Gasteiger partial charge in [0.05, 0.1) is 23.0 Å². The lowest BCUT2D eigenvalue weighted by Gasteiger charge is -2.34. The Hall–Kier alpha value is -1.86.